The van der Waals surface area contributed by atoms with Crippen molar-refractivity contribution in [3.8, 4) is 12.3 Å². The Labute approximate surface area is 245 Å². The Morgan fingerprint density at radius 2 is 2.07 bits per heavy atom. The molecule has 10 nitrogen and oxygen atoms in total. The Morgan fingerprint density at radius 3 is 2.90 bits per heavy atom. The van der Waals surface area contributed by atoms with E-state index in [1.165, 1.54) is 0 Å². The third-order valence-corrected chi connectivity index (χ3v) is 7.97. The van der Waals surface area contributed by atoms with Crippen molar-refractivity contribution in [3.05, 3.63) is 66.0 Å². The molecule has 2 aromatic heterocycles. The molecule has 10 heteroatoms. The van der Waals surface area contributed by atoms with Crippen molar-refractivity contribution >= 4 is 40.0 Å². The first-order valence-electron chi connectivity index (χ1n) is 14.5. The van der Waals surface area contributed by atoms with E-state index in [-0.39, 0.29) is 23.9 Å². The van der Waals surface area contributed by atoms with Crippen molar-refractivity contribution in [2.45, 2.75) is 57.8 Å². The summed E-state index contributed by atoms with van der Waals surface area (Å²) in [4.78, 5) is 24.6. The van der Waals surface area contributed by atoms with Crippen LogP contribution in [-0.2, 0) is 17.8 Å². The molecule has 6 rings (SSSR count). The molecule has 3 heterocycles. The minimum atomic E-state index is -0.591. The average Bonchev–Trinajstić information content (AvgIpc) is 3.53. The molecule has 1 fully saturated rings. The van der Waals surface area contributed by atoms with Gasteiger partial charge in [0.25, 0.3) is 0 Å². The maximum absolute atomic E-state index is 12.9. The first kappa shape index (κ1) is 27.5. The molecule has 2 aromatic carbocycles. The second kappa shape index (κ2) is 11.7. The number of nitrogens with one attached hydrogen (secondary N) is 3. The van der Waals surface area contributed by atoms with E-state index in [4.69, 9.17) is 11.4 Å². The Kier molecular flexibility index (Phi) is 7.68. The number of aliphatic hydroxyl groups is 1. The second-order valence-corrected chi connectivity index (χ2v) is 11.4. The fraction of sp³-hybridized carbons (Fsp3) is 0.375. The quantitative estimate of drug-likeness (QED) is 0.237. The molecule has 1 aliphatic heterocycles. The highest BCUT2D eigenvalue weighted by atomic mass is 16.3. The minimum Gasteiger partial charge on any atom is -0.390 e. The van der Waals surface area contributed by atoms with Crippen LogP contribution in [0.15, 0.2) is 54.9 Å². The van der Waals surface area contributed by atoms with Gasteiger partial charge in [0.1, 0.15) is 6.54 Å². The molecule has 0 bridgehead atoms. The van der Waals surface area contributed by atoms with Crippen molar-refractivity contribution in [1.29, 1.82) is 0 Å². The zero-order chi connectivity index (χ0) is 29.2. The van der Waals surface area contributed by atoms with Gasteiger partial charge in [-0.25, -0.2) is 4.98 Å². The zero-order valence-corrected chi connectivity index (χ0v) is 23.9. The Bertz CT molecular complexity index is 1640. The minimum absolute atomic E-state index is 0.0722. The maximum atomic E-state index is 12.9. The summed E-state index contributed by atoms with van der Waals surface area (Å²) in [5.74, 6) is 3.61. The number of aromatic nitrogens is 4. The normalized spacial score (nSPS) is 19.9. The number of hydrogen-bond donors (Lipinski definition) is 4. The summed E-state index contributed by atoms with van der Waals surface area (Å²) in [7, 11) is 0. The lowest BCUT2D eigenvalue weighted by atomic mass is 9.96. The van der Waals surface area contributed by atoms with Crippen LogP contribution in [0.3, 0.4) is 0 Å². The third-order valence-electron chi connectivity index (χ3n) is 7.97. The molecular formula is C32H36N8O2. The van der Waals surface area contributed by atoms with Crippen LogP contribution >= 0.6 is 0 Å². The van der Waals surface area contributed by atoms with Crippen LogP contribution in [0.4, 0.5) is 23.1 Å². The highest BCUT2D eigenvalue weighted by molar-refractivity contribution is 5.83. The summed E-state index contributed by atoms with van der Waals surface area (Å²) < 4.78 is 1.78. The van der Waals surface area contributed by atoms with Gasteiger partial charge in [0.05, 0.1) is 41.7 Å². The number of nitrogens with zero attached hydrogens (tertiary/aromatic N) is 5. The number of rotatable bonds is 8. The number of aliphatic hydroxyl groups excluding tert-OH is 1. The molecule has 0 saturated carbocycles. The lowest BCUT2D eigenvalue weighted by molar-refractivity contribution is -0.125. The molecule has 2 aliphatic rings. The average molecular weight is 565 g/mol. The molecule has 4 N–H and O–H groups in total. The summed E-state index contributed by atoms with van der Waals surface area (Å²) >= 11 is 0. The van der Waals surface area contributed by atoms with Gasteiger partial charge in [-0.2, -0.15) is 10.1 Å². The lowest BCUT2D eigenvalue weighted by Crippen LogP contribution is -2.45. The summed E-state index contributed by atoms with van der Waals surface area (Å²) in [6.45, 7) is 5.69. The SMILES string of the molecule is C#CCn1ncc2ccc(Nc3ncc(N4CCC[C@H](C(=O)NC(C)C)C4)c(N[C@H]4c5ccccc5C[C@H]4O)n3)cc21. The van der Waals surface area contributed by atoms with Crippen molar-refractivity contribution in [3.63, 3.8) is 0 Å². The smallest absolute Gasteiger partial charge is 0.229 e. The van der Waals surface area contributed by atoms with Gasteiger partial charge >= 0.3 is 0 Å². The van der Waals surface area contributed by atoms with Gasteiger partial charge < -0.3 is 26.0 Å². The van der Waals surface area contributed by atoms with Gasteiger partial charge in [-0.3, -0.25) is 9.48 Å². The summed E-state index contributed by atoms with van der Waals surface area (Å²) in [6.07, 6.45) is 10.8. The van der Waals surface area contributed by atoms with E-state index in [0.29, 0.717) is 31.3 Å². The topological polar surface area (TPSA) is 120 Å². The highest BCUT2D eigenvalue weighted by Crippen LogP contribution is 2.37. The van der Waals surface area contributed by atoms with Crippen LogP contribution < -0.4 is 20.9 Å². The number of carbonyl (C=O) groups excluding carboxylic acids is 1. The fourth-order valence-electron chi connectivity index (χ4n) is 5.97. The van der Waals surface area contributed by atoms with Crippen molar-refractivity contribution in [2.24, 2.45) is 5.92 Å². The monoisotopic (exact) mass is 564 g/mol. The van der Waals surface area contributed by atoms with Gasteiger partial charge in [0.2, 0.25) is 11.9 Å². The van der Waals surface area contributed by atoms with E-state index in [1.807, 2.05) is 50.2 Å². The predicted octanol–water partition coefficient (Wildman–Crippen LogP) is 4.01. The van der Waals surface area contributed by atoms with E-state index >= 15 is 0 Å². The summed E-state index contributed by atoms with van der Waals surface area (Å²) in [5.41, 5.74) is 4.70. The largest absolute Gasteiger partial charge is 0.390 e. The summed E-state index contributed by atoms with van der Waals surface area (Å²) in [6, 6.07) is 13.8. The van der Waals surface area contributed by atoms with Crippen LogP contribution in [0, 0.1) is 18.3 Å². The van der Waals surface area contributed by atoms with Crippen LogP contribution in [0.5, 0.6) is 0 Å². The van der Waals surface area contributed by atoms with Crippen molar-refractivity contribution < 1.29 is 9.90 Å². The second-order valence-electron chi connectivity index (χ2n) is 11.4. The Balaban J connectivity index is 1.32. The van der Waals surface area contributed by atoms with Crippen LogP contribution in [-0.4, -0.2) is 56.0 Å². The van der Waals surface area contributed by atoms with E-state index in [1.54, 1.807) is 17.1 Å². The number of carbonyl (C=O) groups is 1. The van der Waals surface area contributed by atoms with Crippen LogP contribution in [0.25, 0.3) is 10.9 Å². The molecule has 216 valence electrons. The standard InChI is InChI=1S/C32H36N8O2/c1-4-13-40-26-16-24(12-11-22(26)17-34-40)36-32-33-18-27(39-14-7-9-23(19-39)31(42)35-20(2)3)30(38-32)37-29-25-10-6-5-8-21(25)15-28(29)41/h1,5-6,8,10-12,16-18,20,23,28-29,41H,7,9,13-15,19H2,2-3H3,(H,35,42)(H2,33,36,37,38)/t23-,28+,29-/m0/s1. The number of benzene rings is 2. The molecule has 4 aromatic rings. The van der Waals surface area contributed by atoms with E-state index in [2.05, 4.69) is 42.9 Å². The number of anilines is 4. The van der Waals surface area contributed by atoms with Crippen molar-refractivity contribution in [2.75, 3.05) is 28.6 Å². The number of terminal acetylenes is 1. The van der Waals surface area contributed by atoms with Gasteiger partial charge in [0.15, 0.2) is 5.82 Å². The Morgan fingerprint density at radius 1 is 1.21 bits per heavy atom. The molecule has 0 radical (unpaired) electrons. The van der Waals surface area contributed by atoms with Gasteiger partial charge in [-0.1, -0.05) is 30.2 Å². The van der Waals surface area contributed by atoms with E-state index in [9.17, 15) is 9.90 Å². The van der Waals surface area contributed by atoms with Gasteiger partial charge in [0, 0.05) is 36.6 Å². The van der Waals surface area contributed by atoms with Crippen LogP contribution in [0.2, 0.25) is 0 Å². The third kappa shape index (κ3) is 5.60. The van der Waals surface area contributed by atoms with Gasteiger partial charge in [-0.15, -0.1) is 6.42 Å². The van der Waals surface area contributed by atoms with Crippen molar-refractivity contribution in [1.82, 2.24) is 25.1 Å². The molecule has 42 heavy (non-hydrogen) atoms. The zero-order valence-electron chi connectivity index (χ0n) is 23.9. The number of fused-ring (bicyclic) bond motifs is 2. The molecule has 0 unspecified atom stereocenters. The Hall–Kier alpha value is -4.62. The van der Waals surface area contributed by atoms with Gasteiger partial charge in [-0.05, 0) is 56.0 Å². The van der Waals surface area contributed by atoms with E-state index < -0.39 is 6.10 Å². The van der Waals surface area contributed by atoms with Crippen LogP contribution in [0.1, 0.15) is 43.9 Å². The molecule has 1 amide bonds. The first-order chi connectivity index (χ1) is 20.4. The molecule has 1 saturated heterocycles. The summed E-state index contributed by atoms with van der Waals surface area (Å²) in [5, 5.41) is 26.3. The molecule has 0 spiro atoms. The lowest BCUT2D eigenvalue weighted by Gasteiger charge is -2.35. The fourth-order valence-corrected chi connectivity index (χ4v) is 5.97. The maximum Gasteiger partial charge on any atom is 0.229 e. The number of amides is 1. The number of piperidine rings is 1. The van der Waals surface area contributed by atoms with E-state index in [0.717, 1.165) is 52.8 Å². The highest BCUT2D eigenvalue weighted by Gasteiger charge is 2.33. The predicted molar refractivity (Wildman–Crippen MR) is 165 cm³/mol. The first-order valence-corrected chi connectivity index (χ1v) is 14.5. The molecular weight excluding hydrogens is 528 g/mol. The number of hydrogen-bond acceptors (Lipinski definition) is 8. The molecule has 1 aliphatic carbocycles. The molecule has 3 atom stereocenters.